The molecule has 124 valence electrons. The molecule has 0 N–H and O–H groups in total. The summed E-state index contributed by atoms with van der Waals surface area (Å²) < 4.78 is 11.1. The predicted molar refractivity (Wildman–Crippen MR) is 97.0 cm³/mol. The van der Waals surface area contributed by atoms with E-state index in [9.17, 15) is 0 Å². The first-order valence-electron chi connectivity index (χ1n) is 8.29. The minimum absolute atomic E-state index is 0.0471. The second-order valence-corrected chi connectivity index (χ2v) is 5.97. The third-order valence-electron chi connectivity index (χ3n) is 3.85. The first-order valence-corrected chi connectivity index (χ1v) is 8.72. The van der Waals surface area contributed by atoms with E-state index in [1.165, 1.54) is 11.1 Å². The molecule has 0 aliphatic heterocycles. The molecular formula is C20H25ClO2. The van der Waals surface area contributed by atoms with Crippen LogP contribution in [0.15, 0.2) is 48.5 Å². The zero-order chi connectivity index (χ0) is 16.7. The third-order valence-corrected chi connectivity index (χ3v) is 4.41. The zero-order valence-electron chi connectivity index (χ0n) is 14.1. The van der Waals surface area contributed by atoms with Gasteiger partial charge in [-0.05, 0) is 55.7 Å². The van der Waals surface area contributed by atoms with Crippen LogP contribution in [-0.2, 0) is 0 Å². The fourth-order valence-corrected chi connectivity index (χ4v) is 3.01. The molecule has 0 saturated carbocycles. The van der Waals surface area contributed by atoms with Gasteiger partial charge in [0.1, 0.15) is 11.5 Å². The third kappa shape index (κ3) is 4.65. The van der Waals surface area contributed by atoms with Crippen molar-refractivity contribution in [2.45, 2.75) is 38.5 Å². The molecule has 1 unspecified atom stereocenters. The average Bonchev–Trinajstić information content (AvgIpc) is 2.58. The summed E-state index contributed by atoms with van der Waals surface area (Å²) in [6, 6.07) is 16.5. The Morgan fingerprint density at radius 2 is 1.13 bits per heavy atom. The largest absolute Gasteiger partial charge is 0.494 e. The van der Waals surface area contributed by atoms with Crippen molar-refractivity contribution < 1.29 is 9.47 Å². The summed E-state index contributed by atoms with van der Waals surface area (Å²) in [5.41, 5.74) is 2.42. The van der Waals surface area contributed by atoms with Crippen molar-refractivity contribution in [1.82, 2.24) is 0 Å². The molecular weight excluding hydrogens is 308 g/mol. The van der Waals surface area contributed by atoms with Gasteiger partial charge in [-0.3, -0.25) is 0 Å². The van der Waals surface area contributed by atoms with Crippen LogP contribution in [0.5, 0.6) is 11.5 Å². The smallest absolute Gasteiger partial charge is 0.119 e. The van der Waals surface area contributed by atoms with E-state index in [1.54, 1.807) is 0 Å². The molecule has 0 fully saturated rings. The SMILES string of the molecule is CCOc1ccc(C(c2ccc(OCC)cc2)C(Cl)CC)cc1. The Morgan fingerprint density at radius 1 is 0.739 bits per heavy atom. The lowest BCUT2D eigenvalue weighted by molar-refractivity contribution is 0.340. The minimum Gasteiger partial charge on any atom is -0.494 e. The summed E-state index contributed by atoms with van der Waals surface area (Å²) >= 11 is 6.64. The lowest BCUT2D eigenvalue weighted by atomic mass is 9.87. The van der Waals surface area contributed by atoms with Gasteiger partial charge in [-0.25, -0.2) is 0 Å². The summed E-state index contributed by atoms with van der Waals surface area (Å²) in [5, 5.41) is 0.0471. The molecule has 2 aromatic rings. The van der Waals surface area contributed by atoms with Gasteiger partial charge in [0.05, 0.1) is 13.2 Å². The molecule has 1 atom stereocenters. The maximum atomic E-state index is 6.64. The van der Waals surface area contributed by atoms with Crippen molar-refractivity contribution in [1.29, 1.82) is 0 Å². The predicted octanol–water partition coefficient (Wildman–Crippen LogP) is 5.63. The minimum atomic E-state index is 0.0471. The van der Waals surface area contributed by atoms with Crippen LogP contribution < -0.4 is 9.47 Å². The quantitative estimate of drug-likeness (QED) is 0.583. The Kier molecular flexibility index (Phi) is 6.79. The average molecular weight is 333 g/mol. The molecule has 2 aromatic carbocycles. The van der Waals surface area contributed by atoms with Crippen LogP contribution in [0, 0.1) is 0 Å². The summed E-state index contributed by atoms with van der Waals surface area (Å²) in [5.74, 6) is 1.95. The van der Waals surface area contributed by atoms with Crippen molar-refractivity contribution >= 4 is 11.6 Å². The zero-order valence-corrected chi connectivity index (χ0v) is 14.8. The van der Waals surface area contributed by atoms with Crippen molar-refractivity contribution in [3.63, 3.8) is 0 Å². The molecule has 0 aliphatic rings. The van der Waals surface area contributed by atoms with Gasteiger partial charge in [-0.15, -0.1) is 11.6 Å². The molecule has 0 aromatic heterocycles. The lowest BCUT2D eigenvalue weighted by Gasteiger charge is -2.23. The van der Waals surface area contributed by atoms with Gasteiger partial charge in [0, 0.05) is 11.3 Å². The van der Waals surface area contributed by atoms with E-state index in [0.717, 1.165) is 17.9 Å². The summed E-state index contributed by atoms with van der Waals surface area (Å²) in [4.78, 5) is 0. The van der Waals surface area contributed by atoms with Crippen LogP contribution >= 0.6 is 11.6 Å². The Balaban J connectivity index is 2.29. The fraction of sp³-hybridized carbons (Fsp3) is 0.400. The summed E-state index contributed by atoms with van der Waals surface area (Å²) in [7, 11) is 0. The monoisotopic (exact) mass is 332 g/mol. The Bertz CT molecular complexity index is 528. The van der Waals surface area contributed by atoms with Crippen LogP contribution in [0.2, 0.25) is 0 Å². The fourth-order valence-electron chi connectivity index (χ4n) is 2.72. The molecule has 0 radical (unpaired) electrons. The highest BCUT2D eigenvalue weighted by molar-refractivity contribution is 6.21. The van der Waals surface area contributed by atoms with Gasteiger partial charge in [0.2, 0.25) is 0 Å². The van der Waals surface area contributed by atoms with Gasteiger partial charge in [-0.1, -0.05) is 31.2 Å². The van der Waals surface area contributed by atoms with Crippen LogP contribution in [0.3, 0.4) is 0 Å². The standard InChI is InChI=1S/C20H25ClO2/c1-4-19(21)20(15-7-11-17(12-8-15)22-5-2)16-9-13-18(14-10-16)23-6-3/h7-14,19-20H,4-6H2,1-3H3. The van der Waals surface area contributed by atoms with Crippen molar-refractivity contribution in [2.75, 3.05) is 13.2 Å². The highest BCUT2D eigenvalue weighted by Crippen LogP contribution is 2.34. The van der Waals surface area contributed by atoms with Gasteiger partial charge in [-0.2, -0.15) is 0 Å². The maximum Gasteiger partial charge on any atom is 0.119 e. The second kappa shape index (κ2) is 8.83. The Labute approximate surface area is 144 Å². The molecule has 0 bridgehead atoms. The number of halogens is 1. The number of hydrogen-bond acceptors (Lipinski definition) is 2. The Hall–Kier alpha value is -1.67. The number of benzene rings is 2. The molecule has 0 amide bonds. The first-order chi connectivity index (χ1) is 11.2. The van der Waals surface area contributed by atoms with E-state index in [0.29, 0.717) is 13.2 Å². The van der Waals surface area contributed by atoms with Crippen LogP contribution in [0.4, 0.5) is 0 Å². The topological polar surface area (TPSA) is 18.5 Å². The van der Waals surface area contributed by atoms with E-state index in [2.05, 4.69) is 31.2 Å². The molecule has 2 nitrogen and oxygen atoms in total. The van der Waals surface area contributed by atoms with Crippen molar-refractivity contribution in [3.8, 4) is 11.5 Å². The van der Waals surface area contributed by atoms with Crippen LogP contribution in [0.1, 0.15) is 44.2 Å². The first kappa shape index (κ1) is 17.7. The van der Waals surface area contributed by atoms with Crippen molar-refractivity contribution in [2.24, 2.45) is 0 Å². The molecule has 23 heavy (non-hydrogen) atoms. The molecule has 0 aliphatic carbocycles. The summed E-state index contributed by atoms with van der Waals surface area (Å²) in [6.45, 7) is 7.45. The van der Waals surface area contributed by atoms with Crippen LogP contribution in [0.25, 0.3) is 0 Å². The van der Waals surface area contributed by atoms with E-state index in [4.69, 9.17) is 21.1 Å². The van der Waals surface area contributed by atoms with Crippen LogP contribution in [-0.4, -0.2) is 18.6 Å². The maximum absolute atomic E-state index is 6.64. The number of alkyl halides is 1. The molecule has 0 heterocycles. The molecule has 0 saturated heterocycles. The van der Waals surface area contributed by atoms with E-state index >= 15 is 0 Å². The summed E-state index contributed by atoms with van der Waals surface area (Å²) in [6.07, 6.45) is 0.909. The highest BCUT2D eigenvalue weighted by atomic mass is 35.5. The number of ether oxygens (including phenoxy) is 2. The number of rotatable bonds is 8. The van der Waals surface area contributed by atoms with E-state index in [-0.39, 0.29) is 11.3 Å². The highest BCUT2D eigenvalue weighted by Gasteiger charge is 2.22. The van der Waals surface area contributed by atoms with Gasteiger partial charge in [0.25, 0.3) is 0 Å². The van der Waals surface area contributed by atoms with Gasteiger partial charge < -0.3 is 9.47 Å². The normalized spacial score (nSPS) is 12.2. The Morgan fingerprint density at radius 3 is 1.43 bits per heavy atom. The molecule has 3 heteroatoms. The number of hydrogen-bond donors (Lipinski definition) is 0. The van der Waals surface area contributed by atoms with E-state index < -0.39 is 0 Å². The lowest BCUT2D eigenvalue weighted by Crippen LogP contribution is -2.13. The van der Waals surface area contributed by atoms with E-state index in [1.807, 2.05) is 38.1 Å². The van der Waals surface area contributed by atoms with Gasteiger partial charge >= 0.3 is 0 Å². The molecule has 0 spiro atoms. The van der Waals surface area contributed by atoms with Crippen molar-refractivity contribution in [3.05, 3.63) is 59.7 Å². The second-order valence-electron chi connectivity index (χ2n) is 5.41. The van der Waals surface area contributed by atoms with Gasteiger partial charge in [0.15, 0.2) is 0 Å². The molecule has 2 rings (SSSR count).